The second-order valence-electron chi connectivity index (χ2n) is 5.21. The van der Waals surface area contributed by atoms with E-state index in [0.29, 0.717) is 12.3 Å². The van der Waals surface area contributed by atoms with Crippen molar-refractivity contribution < 1.29 is 9.53 Å². The summed E-state index contributed by atoms with van der Waals surface area (Å²) >= 11 is 3.17. The quantitative estimate of drug-likeness (QED) is 0.878. The molecule has 0 fully saturated rings. The molecule has 0 saturated heterocycles. The van der Waals surface area contributed by atoms with Gasteiger partial charge < -0.3 is 10.1 Å². The number of carbonyl (C=O) groups excluding carboxylic acids is 1. The van der Waals surface area contributed by atoms with Gasteiger partial charge in [-0.15, -0.1) is 0 Å². The summed E-state index contributed by atoms with van der Waals surface area (Å²) in [6, 6.07) is 15.8. The van der Waals surface area contributed by atoms with Crippen molar-refractivity contribution in [3.8, 4) is 5.75 Å². The van der Waals surface area contributed by atoms with Crippen LogP contribution in [-0.4, -0.2) is 23.1 Å². The zero-order valence-electron chi connectivity index (χ0n) is 13.3. The molecular weight excluding hydrogens is 340 g/mol. The van der Waals surface area contributed by atoms with E-state index in [1.54, 1.807) is 18.9 Å². The van der Waals surface area contributed by atoms with Crippen LogP contribution in [0.5, 0.6) is 5.75 Å². The van der Waals surface area contributed by atoms with Gasteiger partial charge in [-0.25, -0.2) is 4.99 Å². The fraction of sp³-hybridized carbons (Fsp3) is 0.222. The number of aliphatic imine (C=N–C) groups is 1. The minimum Gasteiger partial charge on any atom is -0.497 e. The Hall–Kier alpha value is -1.92. The van der Waals surface area contributed by atoms with Crippen LogP contribution in [-0.2, 0) is 17.1 Å². The lowest BCUT2D eigenvalue weighted by atomic mass is 10.2. The molecule has 1 aliphatic heterocycles. The van der Waals surface area contributed by atoms with Crippen molar-refractivity contribution in [1.82, 2.24) is 5.32 Å². The van der Waals surface area contributed by atoms with Crippen LogP contribution in [0.15, 0.2) is 53.5 Å². The molecule has 1 amide bonds. The molecule has 0 atom stereocenters. The van der Waals surface area contributed by atoms with E-state index in [4.69, 9.17) is 4.74 Å². The average molecular weight is 358 g/mol. The molecule has 0 aliphatic carbocycles. The lowest BCUT2D eigenvalue weighted by Gasteiger charge is -2.14. The fourth-order valence-corrected chi connectivity index (χ4v) is 4.14. The maximum absolute atomic E-state index is 12.0. The highest BCUT2D eigenvalue weighted by Crippen LogP contribution is 2.34. The molecular formula is C18H18N2O2S2. The smallest absolute Gasteiger partial charge is 0.230 e. The van der Waals surface area contributed by atoms with Gasteiger partial charge in [0.15, 0.2) is 0 Å². The summed E-state index contributed by atoms with van der Waals surface area (Å²) in [5.74, 6) is 2.08. The number of benzene rings is 2. The number of para-hydroxylation sites is 1. The SMILES string of the molecule is COc1cccc(CNC(=O)CSC2=Nc3ccccc3CS2)c1. The molecule has 1 aliphatic rings. The lowest BCUT2D eigenvalue weighted by Crippen LogP contribution is -2.25. The predicted octanol–water partition coefficient (Wildman–Crippen LogP) is 3.98. The molecule has 0 spiro atoms. The first kappa shape index (κ1) is 16.9. The Morgan fingerprint density at radius 3 is 3.04 bits per heavy atom. The van der Waals surface area contributed by atoms with Crippen molar-refractivity contribution in [2.24, 2.45) is 4.99 Å². The average Bonchev–Trinajstić information content (AvgIpc) is 2.64. The summed E-state index contributed by atoms with van der Waals surface area (Å²) in [6.07, 6.45) is 0. The lowest BCUT2D eigenvalue weighted by molar-refractivity contribution is -0.118. The largest absolute Gasteiger partial charge is 0.497 e. The van der Waals surface area contributed by atoms with Crippen LogP contribution in [0.2, 0.25) is 0 Å². The van der Waals surface area contributed by atoms with Crippen molar-refractivity contribution in [3.63, 3.8) is 0 Å². The summed E-state index contributed by atoms with van der Waals surface area (Å²) in [5.41, 5.74) is 3.27. The van der Waals surface area contributed by atoms with Gasteiger partial charge in [0.05, 0.1) is 18.6 Å². The van der Waals surface area contributed by atoms with E-state index in [1.165, 1.54) is 17.3 Å². The number of hydrogen-bond acceptors (Lipinski definition) is 5. The third-order valence-corrected chi connectivity index (χ3v) is 5.75. The topological polar surface area (TPSA) is 50.7 Å². The second-order valence-corrected chi connectivity index (χ2v) is 7.40. The number of carbonyl (C=O) groups is 1. The van der Waals surface area contributed by atoms with Crippen LogP contribution in [0.1, 0.15) is 11.1 Å². The molecule has 1 heterocycles. The van der Waals surface area contributed by atoms with E-state index in [1.807, 2.05) is 42.5 Å². The molecule has 0 saturated carbocycles. The van der Waals surface area contributed by atoms with E-state index in [0.717, 1.165) is 27.1 Å². The van der Waals surface area contributed by atoms with Gasteiger partial charge in [-0.2, -0.15) is 0 Å². The first-order valence-corrected chi connectivity index (χ1v) is 9.53. The number of amides is 1. The highest BCUT2D eigenvalue weighted by molar-refractivity contribution is 8.38. The maximum Gasteiger partial charge on any atom is 0.230 e. The summed E-state index contributed by atoms with van der Waals surface area (Å²) in [5, 5.41) is 2.93. The zero-order chi connectivity index (χ0) is 16.8. The first-order chi connectivity index (χ1) is 11.7. The van der Waals surface area contributed by atoms with Gasteiger partial charge in [-0.1, -0.05) is 53.9 Å². The van der Waals surface area contributed by atoms with Crippen molar-refractivity contribution in [1.29, 1.82) is 0 Å². The third-order valence-electron chi connectivity index (χ3n) is 3.51. The van der Waals surface area contributed by atoms with E-state index in [9.17, 15) is 4.79 Å². The molecule has 0 aromatic heterocycles. The van der Waals surface area contributed by atoms with Crippen molar-refractivity contribution in [2.75, 3.05) is 12.9 Å². The van der Waals surface area contributed by atoms with E-state index < -0.39 is 0 Å². The molecule has 24 heavy (non-hydrogen) atoms. The molecule has 0 radical (unpaired) electrons. The predicted molar refractivity (Wildman–Crippen MR) is 102 cm³/mol. The van der Waals surface area contributed by atoms with E-state index in [-0.39, 0.29) is 5.91 Å². The molecule has 124 valence electrons. The van der Waals surface area contributed by atoms with Crippen molar-refractivity contribution >= 4 is 39.5 Å². The summed E-state index contributed by atoms with van der Waals surface area (Å²) in [4.78, 5) is 16.6. The van der Waals surface area contributed by atoms with Gasteiger partial charge in [0.2, 0.25) is 5.91 Å². The Morgan fingerprint density at radius 1 is 1.29 bits per heavy atom. The number of nitrogens with one attached hydrogen (secondary N) is 1. The number of fused-ring (bicyclic) bond motifs is 1. The van der Waals surface area contributed by atoms with E-state index >= 15 is 0 Å². The third kappa shape index (κ3) is 4.55. The monoisotopic (exact) mass is 358 g/mol. The molecule has 2 aromatic carbocycles. The van der Waals surface area contributed by atoms with Gasteiger partial charge in [-0.3, -0.25) is 4.79 Å². The molecule has 1 N–H and O–H groups in total. The normalized spacial score (nSPS) is 13.0. The van der Waals surface area contributed by atoms with Crippen LogP contribution in [0.4, 0.5) is 5.69 Å². The van der Waals surface area contributed by atoms with Gasteiger partial charge in [-0.05, 0) is 29.3 Å². The van der Waals surface area contributed by atoms with Gasteiger partial charge >= 0.3 is 0 Å². The summed E-state index contributed by atoms with van der Waals surface area (Å²) < 4.78 is 6.13. The second kappa shape index (κ2) is 8.26. The van der Waals surface area contributed by atoms with Gasteiger partial charge in [0, 0.05) is 12.3 Å². The van der Waals surface area contributed by atoms with E-state index in [2.05, 4.69) is 16.4 Å². The number of thioether (sulfide) groups is 2. The van der Waals surface area contributed by atoms with Crippen molar-refractivity contribution in [3.05, 3.63) is 59.7 Å². The summed E-state index contributed by atoms with van der Waals surface area (Å²) in [6.45, 7) is 0.499. The summed E-state index contributed by atoms with van der Waals surface area (Å²) in [7, 11) is 1.63. The standard InChI is InChI=1S/C18H18N2O2S2/c1-22-15-7-4-5-13(9-15)10-19-17(21)12-24-18-20-16-8-3-2-6-14(16)11-23-18/h2-9H,10-12H2,1H3,(H,19,21). The number of methoxy groups -OCH3 is 1. The Kier molecular flexibility index (Phi) is 5.82. The van der Waals surface area contributed by atoms with Crippen LogP contribution < -0.4 is 10.1 Å². The molecule has 6 heteroatoms. The molecule has 3 rings (SSSR count). The van der Waals surface area contributed by atoms with Gasteiger partial charge in [0.25, 0.3) is 0 Å². The van der Waals surface area contributed by atoms with Gasteiger partial charge in [0.1, 0.15) is 10.1 Å². The number of nitrogens with zero attached hydrogens (tertiary/aromatic N) is 1. The number of rotatable bonds is 5. The molecule has 0 bridgehead atoms. The Labute approximate surface area is 150 Å². The zero-order valence-corrected chi connectivity index (χ0v) is 15.0. The van der Waals surface area contributed by atoms with Crippen LogP contribution >= 0.6 is 23.5 Å². The van der Waals surface area contributed by atoms with Crippen LogP contribution in [0, 0.1) is 0 Å². The molecule has 4 nitrogen and oxygen atoms in total. The Morgan fingerprint density at radius 2 is 2.17 bits per heavy atom. The number of ether oxygens (including phenoxy) is 1. The maximum atomic E-state index is 12.0. The fourth-order valence-electron chi connectivity index (χ4n) is 2.25. The molecule has 2 aromatic rings. The minimum absolute atomic E-state index is 0.00461. The van der Waals surface area contributed by atoms with Crippen molar-refractivity contribution in [2.45, 2.75) is 12.3 Å². The minimum atomic E-state index is 0.00461. The first-order valence-electron chi connectivity index (χ1n) is 7.56. The highest BCUT2D eigenvalue weighted by atomic mass is 32.2. The Bertz CT molecular complexity index is 762. The van der Waals surface area contributed by atoms with Crippen LogP contribution in [0.25, 0.3) is 0 Å². The highest BCUT2D eigenvalue weighted by Gasteiger charge is 2.13. The molecule has 0 unspecified atom stereocenters. The number of hydrogen-bond donors (Lipinski definition) is 1. The van der Waals surface area contributed by atoms with Crippen LogP contribution in [0.3, 0.4) is 0 Å². The Balaban J connectivity index is 1.48.